The van der Waals surface area contributed by atoms with E-state index in [1.165, 1.54) is 6.42 Å². The van der Waals surface area contributed by atoms with E-state index < -0.39 is 0 Å². The largest absolute Gasteiger partial charge is 0.497 e. The van der Waals surface area contributed by atoms with Crippen molar-refractivity contribution in [1.29, 1.82) is 0 Å². The van der Waals surface area contributed by atoms with Crippen LogP contribution in [0.3, 0.4) is 0 Å². The van der Waals surface area contributed by atoms with Crippen LogP contribution in [0.5, 0.6) is 5.75 Å². The third-order valence-electron chi connectivity index (χ3n) is 5.96. The van der Waals surface area contributed by atoms with E-state index in [0.29, 0.717) is 5.91 Å². The molecule has 0 unspecified atom stereocenters. The number of methoxy groups -OCH3 is 1. The van der Waals surface area contributed by atoms with Crippen LogP contribution >= 0.6 is 12.4 Å². The fourth-order valence-corrected chi connectivity index (χ4v) is 4.14. The smallest absolute Gasteiger partial charge is 0.233 e. The van der Waals surface area contributed by atoms with Crippen molar-refractivity contribution in [2.75, 3.05) is 33.8 Å². The molecule has 0 bridgehead atoms. The first-order valence-electron chi connectivity index (χ1n) is 9.28. The van der Waals surface area contributed by atoms with Crippen molar-refractivity contribution in [2.45, 2.75) is 43.9 Å². The summed E-state index contributed by atoms with van der Waals surface area (Å²) in [4.78, 5) is 15.4. The van der Waals surface area contributed by atoms with Crippen molar-refractivity contribution in [3.8, 4) is 5.75 Å². The van der Waals surface area contributed by atoms with E-state index in [4.69, 9.17) is 4.74 Å². The Morgan fingerprint density at radius 3 is 2.36 bits per heavy atom. The number of piperidine rings is 1. The van der Waals surface area contributed by atoms with Crippen molar-refractivity contribution in [3.63, 3.8) is 0 Å². The summed E-state index contributed by atoms with van der Waals surface area (Å²) in [5.41, 5.74) is 0.890. The maximum absolute atomic E-state index is 13.3. The van der Waals surface area contributed by atoms with Crippen molar-refractivity contribution >= 4 is 18.3 Å². The molecule has 140 valence electrons. The molecule has 5 heteroatoms. The molecule has 25 heavy (non-hydrogen) atoms. The van der Waals surface area contributed by atoms with Crippen LogP contribution < -0.4 is 10.1 Å². The third kappa shape index (κ3) is 4.12. The van der Waals surface area contributed by atoms with Gasteiger partial charge in [0.1, 0.15) is 5.75 Å². The highest BCUT2D eigenvalue weighted by Crippen LogP contribution is 2.46. The van der Waals surface area contributed by atoms with Gasteiger partial charge in [0.25, 0.3) is 0 Å². The van der Waals surface area contributed by atoms with Gasteiger partial charge in [-0.3, -0.25) is 4.79 Å². The van der Waals surface area contributed by atoms with Crippen LogP contribution in [-0.4, -0.2) is 44.6 Å². The molecule has 4 nitrogen and oxygen atoms in total. The molecule has 3 rings (SSSR count). The average Bonchev–Trinajstić information content (AvgIpc) is 2.60. The second kappa shape index (κ2) is 8.91. The number of rotatable bonds is 6. The minimum Gasteiger partial charge on any atom is -0.497 e. The van der Waals surface area contributed by atoms with Crippen molar-refractivity contribution in [2.24, 2.45) is 5.92 Å². The average molecular weight is 367 g/mol. The molecule has 1 aromatic carbocycles. The zero-order valence-electron chi connectivity index (χ0n) is 15.4. The number of hydrogen-bond acceptors (Lipinski definition) is 3. The van der Waals surface area contributed by atoms with E-state index >= 15 is 0 Å². The van der Waals surface area contributed by atoms with Crippen LogP contribution in [0.2, 0.25) is 0 Å². The summed E-state index contributed by atoms with van der Waals surface area (Å²) in [6.07, 6.45) is 6.63. The number of nitrogens with zero attached hydrogens (tertiary/aromatic N) is 1. The van der Waals surface area contributed by atoms with Crippen molar-refractivity contribution in [1.82, 2.24) is 10.2 Å². The predicted molar refractivity (Wildman–Crippen MR) is 104 cm³/mol. The fourth-order valence-electron chi connectivity index (χ4n) is 4.14. The number of hydrogen-bond donors (Lipinski definition) is 1. The van der Waals surface area contributed by atoms with Crippen molar-refractivity contribution in [3.05, 3.63) is 29.8 Å². The number of ether oxygens (including phenoxy) is 1. The summed E-state index contributed by atoms with van der Waals surface area (Å²) in [7, 11) is 3.69. The van der Waals surface area contributed by atoms with E-state index in [1.807, 2.05) is 19.2 Å². The van der Waals surface area contributed by atoms with Gasteiger partial charge in [-0.1, -0.05) is 18.6 Å². The fraction of sp³-hybridized carbons (Fsp3) is 0.650. The van der Waals surface area contributed by atoms with Gasteiger partial charge in [-0.15, -0.1) is 12.4 Å². The molecule has 0 aromatic heterocycles. The predicted octanol–water partition coefficient (Wildman–Crippen LogP) is 3.39. The van der Waals surface area contributed by atoms with Gasteiger partial charge in [0.15, 0.2) is 0 Å². The van der Waals surface area contributed by atoms with Gasteiger partial charge in [0.05, 0.1) is 12.5 Å². The van der Waals surface area contributed by atoms with Crippen LogP contribution in [0.15, 0.2) is 24.3 Å². The molecule has 1 saturated heterocycles. The zero-order chi connectivity index (χ0) is 17.0. The lowest BCUT2D eigenvalue weighted by molar-refractivity contribution is -0.142. The lowest BCUT2D eigenvalue weighted by Gasteiger charge is -2.45. The van der Waals surface area contributed by atoms with Crippen molar-refractivity contribution < 1.29 is 9.53 Å². The van der Waals surface area contributed by atoms with Gasteiger partial charge in [0, 0.05) is 13.1 Å². The minimum absolute atomic E-state index is 0. The van der Waals surface area contributed by atoms with Crippen LogP contribution in [0.25, 0.3) is 0 Å². The Labute approximate surface area is 157 Å². The molecule has 0 atom stereocenters. The molecular formula is C20H31ClN2O2. The molecule has 1 aliphatic carbocycles. The number of halogens is 1. The highest BCUT2D eigenvalue weighted by molar-refractivity contribution is 5.89. The summed E-state index contributed by atoms with van der Waals surface area (Å²) in [6.45, 7) is 2.92. The zero-order valence-corrected chi connectivity index (χ0v) is 16.2. The first-order chi connectivity index (χ1) is 11.7. The topological polar surface area (TPSA) is 41.6 Å². The number of likely N-dealkylation sites (tertiary alicyclic amines) is 1. The summed E-state index contributed by atoms with van der Waals surface area (Å²) < 4.78 is 5.25. The Bertz CT molecular complexity index is 549. The maximum Gasteiger partial charge on any atom is 0.233 e. The van der Waals surface area contributed by atoms with E-state index in [9.17, 15) is 4.79 Å². The Balaban J connectivity index is 0.00000225. The first-order valence-corrected chi connectivity index (χ1v) is 9.28. The quantitative estimate of drug-likeness (QED) is 0.839. The van der Waals surface area contributed by atoms with E-state index in [-0.39, 0.29) is 17.8 Å². The van der Waals surface area contributed by atoms with Crippen LogP contribution in [0, 0.1) is 5.92 Å². The second-order valence-electron chi connectivity index (χ2n) is 7.29. The highest BCUT2D eigenvalue weighted by Gasteiger charge is 2.47. The second-order valence-corrected chi connectivity index (χ2v) is 7.29. The summed E-state index contributed by atoms with van der Waals surface area (Å²) in [5.74, 6) is 1.97. The molecule has 2 fully saturated rings. The van der Waals surface area contributed by atoms with Gasteiger partial charge >= 0.3 is 0 Å². The Kier molecular flexibility index (Phi) is 7.14. The summed E-state index contributed by atoms with van der Waals surface area (Å²) in [5, 5.41) is 3.23. The molecule has 1 amide bonds. The van der Waals surface area contributed by atoms with Crippen LogP contribution in [0.1, 0.15) is 44.1 Å². The molecule has 1 N–H and O–H groups in total. The number of amides is 1. The Morgan fingerprint density at radius 1 is 1.24 bits per heavy atom. The Morgan fingerprint density at radius 2 is 1.88 bits per heavy atom. The van der Waals surface area contributed by atoms with E-state index in [1.54, 1.807) is 7.11 Å². The highest BCUT2D eigenvalue weighted by atomic mass is 35.5. The number of nitrogens with one attached hydrogen (secondary N) is 1. The molecule has 1 heterocycles. The van der Waals surface area contributed by atoms with Gasteiger partial charge in [-0.05, 0) is 69.3 Å². The number of benzene rings is 1. The lowest BCUT2D eigenvalue weighted by atomic mass is 9.63. The SMILES string of the molecule is CNCCC1CCN(C(=O)C2(c3ccc(OC)cc3)CCC2)CC1.Cl. The standard InChI is InChI=1S/C20H30N2O2.ClH/c1-21-13-8-16-9-14-22(15-10-16)19(23)20(11-3-12-20)17-4-6-18(24-2)7-5-17;/h4-7,16,21H,3,8-15H2,1-2H3;1H. The monoisotopic (exact) mass is 366 g/mol. The Hall–Kier alpha value is -1.26. The van der Waals surface area contributed by atoms with Gasteiger partial charge in [-0.25, -0.2) is 0 Å². The van der Waals surface area contributed by atoms with E-state index in [2.05, 4.69) is 22.3 Å². The van der Waals surface area contributed by atoms with Gasteiger partial charge in [0.2, 0.25) is 5.91 Å². The molecule has 2 aliphatic rings. The summed E-state index contributed by atoms with van der Waals surface area (Å²) in [6, 6.07) is 8.12. The normalized spacial score (nSPS) is 19.7. The maximum atomic E-state index is 13.3. The molecular weight excluding hydrogens is 336 g/mol. The van der Waals surface area contributed by atoms with Crippen LogP contribution in [-0.2, 0) is 10.2 Å². The molecule has 1 aromatic rings. The van der Waals surface area contributed by atoms with Gasteiger partial charge < -0.3 is 15.0 Å². The number of carbonyl (C=O) groups excluding carboxylic acids is 1. The van der Waals surface area contributed by atoms with Crippen LogP contribution in [0.4, 0.5) is 0 Å². The lowest BCUT2D eigenvalue weighted by Crippen LogP contribution is -2.53. The van der Waals surface area contributed by atoms with Gasteiger partial charge in [-0.2, -0.15) is 0 Å². The molecule has 1 saturated carbocycles. The third-order valence-corrected chi connectivity index (χ3v) is 5.96. The number of carbonyl (C=O) groups is 1. The first kappa shape index (κ1) is 20.1. The molecule has 0 spiro atoms. The molecule has 1 aliphatic heterocycles. The van der Waals surface area contributed by atoms with E-state index in [0.717, 1.165) is 69.0 Å². The minimum atomic E-state index is -0.274. The summed E-state index contributed by atoms with van der Waals surface area (Å²) >= 11 is 0. The molecule has 0 radical (unpaired) electrons.